The van der Waals surface area contributed by atoms with Crippen LogP contribution in [0.15, 0.2) is 107 Å². The molecule has 0 spiro atoms. The molecule has 2 amide bonds. The fourth-order valence-electron chi connectivity index (χ4n) is 10.2. The third kappa shape index (κ3) is 15.8. The molecule has 2 unspecified atom stereocenters. The van der Waals surface area contributed by atoms with Crippen molar-refractivity contribution in [2.24, 2.45) is 11.8 Å². The first-order chi connectivity index (χ1) is 38.8. The molecule has 0 radical (unpaired) electrons. The zero-order valence-corrected chi connectivity index (χ0v) is 51.5. The normalized spacial score (nSPS) is 18.9. The number of sulfonamides is 2. The Bertz CT molecular complexity index is 3550. The highest BCUT2D eigenvalue weighted by Crippen LogP contribution is 2.36. The minimum Gasteiger partial charge on any atom is -0.362 e. The van der Waals surface area contributed by atoms with Crippen LogP contribution in [0.25, 0.3) is 0 Å². The summed E-state index contributed by atoms with van der Waals surface area (Å²) in [5.74, 6) is -0.670. The van der Waals surface area contributed by atoms with E-state index in [9.17, 15) is 30.8 Å². The van der Waals surface area contributed by atoms with Gasteiger partial charge in [-0.05, 0) is 158 Å². The van der Waals surface area contributed by atoms with E-state index in [2.05, 4.69) is 120 Å². The fraction of sp³-hybridized carbons (Fsp3) is 0.484. The molecule has 0 saturated carbocycles. The number of nitrogens with zero attached hydrogens (tertiary/aromatic N) is 7. The standard InChI is InChI=1S/C31H41FN6O3S.C31H40N6O3S/c1-30(2,3)21-15-17-34-24(18-21)23(12-10-20-14-16-33-19-20)35-26-8-7-9-27(37-26)42(40,41)38-29(39)22-11-13-25(31(4,5)6)36-28(22)32;1-30(2,3)21-14-16-32-24(18-21)23-12-10-20-15-17-37(19-20)28-22(11-13-25(34-28)31(4,5)6)29(38)36-41(39,40)27-9-7-8-26(33-23)35-27/h7-9,11,13,15,17-18,20,23,33H,10,12,14,16,19H2,1-6H3,(H,35,37)(H,38,39);7-9,11,13-14,16,18,20,23H,10,12,15,17,19H2,1-6H3,(H,33,35)(H,36,38)/t2*20-,23?/m00/s1. The van der Waals surface area contributed by atoms with Crippen molar-refractivity contribution in [3.8, 4) is 0 Å². The van der Waals surface area contributed by atoms with Gasteiger partial charge in [0.15, 0.2) is 10.1 Å². The summed E-state index contributed by atoms with van der Waals surface area (Å²) in [6.07, 6.45) is 9.16. The van der Waals surface area contributed by atoms with Gasteiger partial charge in [0.1, 0.15) is 17.5 Å². The molecule has 18 nitrogen and oxygen atoms in total. The molecule has 6 aromatic rings. The fourth-order valence-corrected chi connectivity index (χ4v) is 12.1. The lowest BCUT2D eigenvalue weighted by Gasteiger charge is -2.25. The molecule has 0 aromatic carbocycles. The predicted molar refractivity (Wildman–Crippen MR) is 322 cm³/mol. The molecule has 21 heteroatoms. The Morgan fingerprint density at radius 1 is 0.759 bits per heavy atom. The molecule has 2 fully saturated rings. The number of aromatic nitrogens is 6. The van der Waals surface area contributed by atoms with Gasteiger partial charge in [-0.25, -0.2) is 29.4 Å². The quantitative estimate of drug-likeness (QED) is 0.0801. The number of hydrogen-bond donors (Lipinski definition) is 5. The highest BCUT2D eigenvalue weighted by molar-refractivity contribution is 7.90. The number of halogens is 1. The lowest BCUT2D eigenvalue weighted by molar-refractivity contribution is 0.0969. The van der Waals surface area contributed by atoms with E-state index in [1.807, 2.05) is 43.8 Å². The van der Waals surface area contributed by atoms with Gasteiger partial charge in [-0.2, -0.15) is 21.2 Å². The lowest BCUT2D eigenvalue weighted by Crippen LogP contribution is -2.34. The molecule has 83 heavy (non-hydrogen) atoms. The van der Waals surface area contributed by atoms with Gasteiger partial charge in [-0.15, -0.1) is 0 Å². The van der Waals surface area contributed by atoms with Crippen molar-refractivity contribution >= 4 is 49.3 Å². The number of amides is 2. The van der Waals surface area contributed by atoms with Crippen LogP contribution in [-0.4, -0.2) is 84.7 Å². The van der Waals surface area contributed by atoms with E-state index >= 15 is 0 Å². The maximum atomic E-state index is 14.7. The van der Waals surface area contributed by atoms with Gasteiger partial charge in [0.25, 0.3) is 31.9 Å². The third-order valence-electron chi connectivity index (χ3n) is 15.3. The Morgan fingerprint density at radius 3 is 2.11 bits per heavy atom. The molecule has 444 valence electrons. The summed E-state index contributed by atoms with van der Waals surface area (Å²) >= 11 is 0. The van der Waals surface area contributed by atoms with E-state index < -0.39 is 48.8 Å². The van der Waals surface area contributed by atoms with E-state index in [0.29, 0.717) is 35.0 Å². The third-order valence-corrected chi connectivity index (χ3v) is 17.8. The second kappa shape index (κ2) is 24.7. The molecular weight excluding hydrogens is 1090 g/mol. The van der Waals surface area contributed by atoms with Gasteiger partial charge in [0.05, 0.1) is 34.6 Å². The molecule has 2 saturated heterocycles. The topological polar surface area (TPSA) is 243 Å². The Hall–Kier alpha value is -6.97. The summed E-state index contributed by atoms with van der Waals surface area (Å²) in [5, 5.41) is 9.64. The van der Waals surface area contributed by atoms with Crippen LogP contribution in [0, 0.1) is 17.8 Å². The first kappa shape index (κ1) is 62.1. The molecule has 6 aromatic heterocycles. The SMILES string of the molecule is CC(C)(C)c1ccnc(C(CC[C@H]2CCNC2)Nc2cccc(S(=O)(=O)NC(=O)c3ccc(C(C)(C)C)nc3F)n2)c1.CC(C)(C)c1ccnc(C2CC[C@H]3CCN(C3)c3nc(C(C)(C)C)ccc3C(=O)NS(=O)(=O)c3cccc(n3)N2)c1. The highest BCUT2D eigenvalue weighted by Gasteiger charge is 2.33. The van der Waals surface area contributed by atoms with Crippen molar-refractivity contribution in [1.82, 2.24) is 44.7 Å². The molecule has 4 atom stereocenters. The number of carbonyl (C=O) groups is 2. The van der Waals surface area contributed by atoms with Crippen molar-refractivity contribution < 1.29 is 30.8 Å². The second-order valence-electron chi connectivity index (χ2n) is 26.1. The van der Waals surface area contributed by atoms with E-state index in [-0.39, 0.29) is 43.9 Å². The summed E-state index contributed by atoms with van der Waals surface area (Å²) in [5.41, 5.74) is 4.35. The van der Waals surface area contributed by atoms with Crippen LogP contribution in [0.4, 0.5) is 21.8 Å². The number of fused-ring (bicyclic) bond motifs is 6. The number of nitrogens with one attached hydrogen (secondary N) is 5. The van der Waals surface area contributed by atoms with Gasteiger partial charge < -0.3 is 20.9 Å². The largest absolute Gasteiger partial charge is 0.362 e. The highest BCUT2D eigenvalue weighted by atomic mass is 32.2. The van der Waals surface area contributed by atoms with Crippen LogP contribution in [0.3, 0.4) is 0 Å². The summed E-state index contributed by atoms with van der Waals surface area (Å²) in [4.78, 5) is 55.1. The Morgan fingerprint density at radius 2 is 1.43 bits per heavy atom. The minimum atomic E-state index is -4.41. The van der Waals surface area contributed by atoms with Crippen molar-refractivity contribution in [1.29, 1.82) is 0 Å². The second-order valence-corrected chi connectivity index (χ2v) is 29.4. The van der Waals surface area contributed by atoms with Crippen LogP contribution in [0.1, 0.15) is 188 Å². The zero-order valence-electron chi connectivity index (χ0n) is 49.9. The van der Waals surface area contributed by atoms with Gasteiger partial charge in [-0.1, -0.05) is 95.2 Å². The first-order valence-electron chi connectivity index (χ1n) is 28.5. The van der Waals surface area contributed by atoms with Gasteiger partial charge in [-0.3, -0.25) is 19.6 Å². The zero-order chi connectivity index (χ0) is 60.3. The summed E-state index contributed by atoms with van der Waals surface area (Å²) in [7, 11) is -8.65. The average molecular weight is 1170 g/mol. The van der Waals surface area contributed by atoms with Crippen LogP contribution >= 0.6 is 0 Å². The van der Waals surface area contributed by atoms with Crippen LogP contribution in [-0.2, 0) is 41.7 Å². The van der Waals surface area contributed by atoms with Gasteiger partial charge >= 0.3 is 0 Å². The average Bonchev–Trinajstić information content (AvgIpc) is 4.37. The van der Waals surface area contributed by atoms with Gasteiger partial charge in [0.2, 0.25) is 5.95 Å². The maximum Gasteiger partial charge on any atom is 0.281 e. The number of pyridine rings is 6. The van der Waals surface area contributed by atoms with Crippen molar-refractivity contribution in [3.05, 3.63) is 148 Å². The van der Waals surface area contributed by atoms with E-state index in [4.69, 9.17) is 9.97 Å². The molecule has 3 aliphatic heterocycles. The lowest BCUT2D eigenvalue weighted by atomic mass is 9.86. The van der Waals surface area contributed by atoms with E-state index in [1.54, 1.807) is 42.6 Å². The molecule has 9 rings (SSSR count). The Balaban J connectivity index is 0.000000217. The number of carbonyl (C=O) groups excluding carboxylic acids is 2. The summed E-state index contributed by atoms with van der Waals surface area (Å²) < 4.78 is 71.8. The molecular formula is C62H81FN12O6S2. The maximum absolute atomic E-state index is 14.7. The van der Waals surface area contributed by atoms with Gasteiger partial charge in [0, 0.05) is 47.7 Å². The molecule has 0 aliphatic carbocycles. The Labute approximate surface area is 489 Å². The smallest absolute Gasteiger partial charge is 0.281 e. The molecule has 4 bridgehead atoms. The number of rotatable bonds is 10. The number of anilines is 3. The molecule has 3 aliphatic rings. The van der Waals surface area contributed by atoms with Crippen LogP contribution < -0.4 is 30.3 Å². The van der Waals surface area contributed by atoms with Crippen LogP contribution in [0.2, 0.25) is 0 Å². The summed E-state index contributed by atoms with van der Waals surface area (Å²) in [6.45, 7) is 28.2. The monoisotopic (exact) mass is 1170 g/mol. The van der Waals surface area contributed by atoms with Crippen molar-refractivity contribution in [2.45, 2.75) is 165 Å². The number of hydrogen-bond acceptors (Lipinski definition) is 16. The molecule has 9 heterocycles. The van der Waals surface area contributed by atoms with E-state index in [1.165, 1.54) is 29.8 Å². The Kier molecular flexibility index (Phi) is 18.5. The first-order valence-corrected chi connectivity index (χ1v) is 31.5. The van der Waals surface area contributed by atoms with Crippen molar-refractivity contribution in [2.75, 3.05) is 41.7 Å². The van der Waals surface area contributed by atoms with E-state index in [0.717, 1.165) is 87.3 Å². The van der Waals surface area contributed by atoms with Crippen molar-refractivity contribution in [3.63, 3.8) is 0 Å². The summed E-state index contributed by atoms with van der Waals surface area (Å²) in [6, 6.07) is 23.4. The predicted octanol–water partition coefficient (Wildman–Crippen LogP) is 10.6. The van der Waals surface area contributed by atoms with Crippen LogP contribution in [0.5, 0.6) is 0 Å². The minimum absolute atomic E-state index is 0.0415. The molecule has 5 N–H and O–H groups in total.